The molecule has 12 heteroatoms. The molecule has 0 spiro atoms. The van der Waals surface area contributed by atoms with E-state index in [1.54, 1.807) is 0 Å². The molecule has 0 saturated carbocycles. The van der Waals surface area contributed by atoms with Crippen molar-refractivity contribution in [1.82, 2.24) is 20.3 Å². The third-order valence-corrected chi connectivity index (χ3v) is 7.96. The fourth-order valence-electron chi connectivity index (χ4n) is 4.24. The fourth-order valence-corrected chi connectivity index (χ4v) is 5.34. The predicted octanol–water partition coefficient (Wildman–Crippen LogP) is 5.10. The van der Waals surface area contributed by atoms with Gasteiger partial charge in [0.1, 0.15) is 39.8 Å². The molecule has 0 aliphatic heterocycles. The van der Waals surface area contributed by atoms with Crippen LogP contribution in [0.2, 0.25) is 0 Å². The highest BCUT2D eigenvalue weighted by molar-refractivity contribution is 7.92. The molecule has 4 aromatic rings. The van der Waals surface area contributed by atoms with Crippen LogP contribution in [0.15, 0.2) is 53.8 Å². The Morgan fingerprint density at radius 3 is 2.55 bits per heavy atom. The molecule has 4 rings (SSSR count). The van der Waals surface area contributed by atoms with Crippen LogP contribution >= 0.6 is 0 Å². The molecule has 0 radical (unpaired) electrons. The number of nitrogens with zero attached hydrogens (tertiary/aromatic N) is 3. The lowest BCUT2D eigenvalue weighted by molar-refractivity contribution is 0.238. The summed E-state index contributed by atoms with van der Waals surface area (Å²) in [5, 5.41) is 3.93. The molecule has 2 aromatic heterocycles. The van der Waals surface area contributed by atoms with Crippen molar-refractivity contribution < 1.29 is 26.7 Å². The zero-order valence-corrected chi connectivity index (χ0v) is 23.5. The molecule has 0 bridgehead atoms. The third-order valence-electron chi connectivity index (χ3n) is 6.56. The number of halogens is 2. The van der Waals surface area contributed by atoms with E-state index < -0.39 is 26.6 Å². The first-order valence-corrected chi connectivity index (χ1v) is 14.2. The van der Waals surface area contributed by atoms with Gasteiger partial charge in [-0.3, -0.25) is 4.72 Å². The Morgan fingerprint density at radius 2 is 1.85 bits per heavy atom. The van der Waals surface area contributed by atoms with Gasteiger partial charge < -0.3 is 14.8 Å². The Balaban J connectivity index is 1.75. The van der Waals surface area contributed by atoms with Gasteiger partial charge in [-0.2, -0.15) is 0 Å². The van der Waals surface area contributed by atoms with Gasteiger partial charge in [0.15, 0.2) is 0 Å². The maximum absolute atomic E-state index is 14.3. The van der Waals surface area contributed by atoms with E-state index in [1.165, 1.54) is 25.7 Å². The van der Waals surface area contributed by atoms with Gasteiger partial charge in [0.05, 0.1) is 13.7 Å². The van der Waals surface area contributed by atoms with Gasteiger partial charge in [-0.1, -0.05) is 13.3 Å². The second-order valence-corrected chi connectivity index (χ2v) is 10.9. The largest absolute Gasteiger partial charge is 0.491 e. The van der Waals surface area contributed by atoms with Gasteiger partial charge in [0.25, 0.3) is 10.0 Å². The minimum Gasteiger partial charge on any atom is -0.491 e. The number of anilines is 1. The summed E-state index contributed by atoms with van der Waals surface area (Å²) in [5.41, 5.74) is 2.59. The van der Waals surface area contributed by atoms with E-state index in [4.69, 9.17) is 9.47 Å². The molecule has 212 valence electrons. The molecule has 2 heterocycles. The summed E-state index contributed by atoms with van der Waals surface area (Å²) in [4.78, 5) is 12.3. The number of aryl methyl sites for hydroxylation is 1. The van der Waals surface area contributed by atoms with Gasteiger partial charge in [0.2, 0.25) is 5.88 Å². The van der Waals surface area contributed by atoms with Crippen molar-refractivity contribution >= 4 is 26.6 Å². The topological polar surface area (TPSA) is 115 Å². The normalized spacial score (nSPS) is 12.3. The lowest BCUT2D eigenvalue weighted by Gasteiger charge is -2.18. The standard InChI is InChI=1S/C28H31F2N5O4S/c1-5-18(8-9-31-3)15-39-25-12-19(10-22-17(2)33-16-34-27(22)25)20-11-24(28(38-4)32-14-20)35-40(36,37)26-7-6-21(29)13-23(26)30/h6-7,10-14,16,18,31,35H,5,8-9,15H2,1-4H3. The Morgan fingerprint density at radius 1 is 1.05 bits per heavy atom. The average molecular weight is 572 g/mol. The highest BCUT2D eigenvalue weighted by atomic mass is 32.2. The van der Waals surface area contributed by atoms with Gasteiger partial charge >= 0.3 is 0 Å². The van der Waals surface area contributed by atoms with Crippen LogP contribution in [0, 0.1) is 24.5 Å². The second-order valence-electron chi connectivity index (χ2n) is 9.27. The van der Waals surface area contributed by atoms with Gasteiger partial charge in [-0.25, -0.2) is 32.2 Å². The zero-order chi connectivity index (χ0) is 28.9. The minimum atomic E-state index is -4.43. The van der Waals surface area contributed by atoms with Gasteiger partial charge in [-0.05, 0) is 68.8 Å². The number of hydrogen-bond acceptors (Lipinski definition) is 8. The van der Waals surface area contributed by atoms with Crippen LogP contribution in [-0.4, -0.2) is 50.7 Å². The lowest BCUT2D eigenvalue weighted by Crippen LogP contribution is -2.18. The summed E-state index contributed by atoms with van der Waals surface area (Å²) >= 11 is 0. The Bertz CT molecular complexity index is 1620. The molecule has 2 aromatic carbocycles. The molecule has 0 amide bonds. The first-order valence-electron chi connectivity index (χ1n) is 12.7. The highest BCUT2D eigenvalue weighted by Crippen LogP contribution is 2.36. The molecule has 1 unspecified atom stereocenters. The van der Waals surface area contributed by atoms with E-state index >= 15 is 0 Å². The van der Waals surface area contributed by atoms with E-state index in [2.05, 4.69) is 31.9 Å². The molecule has 1 atom stereocenters. The third kappa shape index (κ3) is 6.45. The lowest BCUT2D eigenvalue weighted by atomic mass is 10.0. The van der Waals surface area contributed by atoms with Crippen LogP contribution in [0.3, 0.4) is 0 Å². The highest BCUT2D eigenvalue weighted by Gasteiger charge is 2.23. The van der Waals surface area contributed by atoms with Crippen molar-refractivity contribution in [1.29, 1.82) is 0 Å². The first kappa shape index (κ1) is 29.1. The molecule has 0 aliphatic carbocycles. The van der Waals surface area contributed by atoms with Crippen molar-refractivity contribution in [2.45, 2.75) is 31.6 Å². The number of sulfonamides is 1. The number of methoxy groups -OCH3 is 1. The number of aromatic nitrogens is 3. The summed E-state index contributed by atoms with van der Waals surface area (Å²) < 4.78 is 67.5. The fraction of sp³-hybridized carbons (Fsp3) is 0.321. The van der Waals surface area contributed by atoms with Crippen LogP contribution in [0.1, 0.15) is 25.5 Å². The van der Waals surface area contributed by atoms with E-state index in [9.17, 15) is 17.2 Å². The summed E-state index contributed by atoms with van der Waals surface area (Å²) in [7, 11) is -1.19. The summed E-state index contributed by atoms with van der Waals surface area (Å²) in [6, 6.07) is 7.44. The quantitative estimate of drug-likeness (QED) is 0.241. The summed E-state index contributed by atoms with van der Waals surface area (Å²) in [6.45, 7) is 5.35. The Labute approximate surface area is 232 Å². The van der Waals surface area contributed by atoms with Gasteiger partial charge in [-0.15, -0.1) is 0 Å². The number of fused-ring (bicyclic) bond motifs is 1. The van der Waals surface area contributed by atoms with Crippen LogP contribution in [0.25, 0.3) is 22.0 Å². The molecule has 2 N–H and O–H groups in total. The molecule has 0 aliphatic rings. The van der Waals surface area contributed by atoms with Crippen molar-refractivity contribution in [2.75, 3.05) is 32.0 Å². The number of rotatable bonds is 12. The van der Waals surface area contributed by atoms with E-state index in [0.717, 1.165) is 42.6 Å². The predicted molar refractivity (Wildman–Crippen MR) is 149 cm³/mol. The van der Waals surface area contributed by atoms with Gasteiger partial charge in [0, 0.05) is 28.9 Å². The van der Waals surface area contributed by atoms with Crippen molar-refractivity contribution in [2.24, 2.45) is 5.92 Å². The Hall–Kier alpha value is -3.90. The molecule has 9 nitrogen and oxygen atoms in total. The van der Waals surface area contributed by atoms with Crippen molar-refractivity contribution in [3.05, 3.63) is 66.3 Å². The number of benzene rings is 2. The van der Waals surface area contributed by atoms with Crippen LogP contribution in [-0.2, 0) is 10.0 Å². The maximum atomic E-state index is 14.3. The maximum Gasteiger partial charge on any atom is 0.264 e. The number of hydrogen-bond donors (Lipinski definition) is 2. The second kappa shape index (κ2) is 12.5. The van der Waals surface area contributed by atoms with Crippen LogP contribution in [0.4, 0.5) is 14.5 Å². The monoisotopic (exact) mass is 571 g/mol. The molecule has 0 fully saturated rings. The zero-order valence-electron chi connectivity index (χ0n) is 22.7. The number of pyridine rings is 1. The van der Waals surface area contributed by atoms with Crippen molar-refractivity contribution in [3.63, 3.8) is 0 Å². The average Bonchev–Trinajstić information content (AvgIpc) is 2.93. The van der Waals surface area contributed by atoms with Crippen molar-refractivity contribution in [3.8, 4) is 22.8 Å². The molecule has 40 heavy (non-hydrogen) atoms. The molecule has 0 saturated heterocycles. The first-order chi connectivity index (χ1) is 19.2. The SMILES string of the molecule is CCC(CCNC)COc1cc(-c2cnc(OC)c(NS(=O)(=O)c3ccc(F)cc3F)c2)cc2c(C)ncnc12. The number of ether oxygens (including phenoxy) is 2. The van der Waals surface area contributed by atoms with E-state index in [-0.39, 0.29) is 11.6 Å². The van der Waals surface area contributed by atoms with Crippen LogP contribution in [0.5, 0.6) is 11.6 Å². The molecular formula is C28H31F2N5O4S. The smallest absolute Gasteiger partial charge is 0.264 e. The summed E-state index contributed by atoms with van der Waals surface area (Å²) in [5.74, 6) is -1.24. The van der Waals surface area contributed by atoms with Crippen LogP contribution < -0.4 is 19.5 Å². The summed E-state index contributed by atoms with van der Waals surface area (Å²) in [6.07, 6.45) is 4.92. The molecular weight excluding hydrogens is 540 g/mol. The van der Waals surface area contributed by atoms with E-state index in [0.29, 0.717) is 41.0 Å². The number of nitrogens with one attached hydrogen (secondary N) is 2. The van der Waals surface area contributed by atoms with E-state index in [1.807, 2.05) is 26.1 Å². The minimum absolute atomic E-state index is 0.0227. The Kier molecular flexibility index (Phi) is 9.10.